The fourth-order valence-electron chi connectivity index (χ4n) is 9.45. The number of rotatable bonds is 4. The molecule has 5 heteroatoms. The summed E-state index contributed by atoms with van der Waals surface area (Å²) in [6.07, 6.45) is 0. The normalized spacial score (nSPS) is 11.9. The molecule has 0 saturated carbocycles. The first-order valence-electron chi connectivity index (χ1n) is 19.7. The van der Waals surface area contributed by atoms with E-state index in [0.29, 0.717) is 0 Å². The number of furan rings is 2. The third-order valence-corrected chi connectivity index (χ3v) is 12.1. The number of hydrogen-bond acceptors (Lipinski definition) is 2. The van der Waals surface area contributed by atoms with Crippen LogP contribution in [0.2, 0.25) is 0 Å². The highest BCUT2D eigenvalue weighted by Gasteiger charge is 2.17. The average molecular weight is 869 g/mol. The van der Waals surface area contributed by atoms with Gasteiger partial charge in [-0.25, -0.2) is 0 Å². The summed E-state index contributed by atoms with van der Waals surface area (Å²) in [5.74, 6) is 0. The molecule has 9 aromatic carbocycles. The van der Waals surface area contributed by atoms with Gasteiger partial charge in [0.15, 0.2) is 0 Å². The molecular weight excluding hydrogens is 836 g/mol. The Morgan fingerprint density at radius 3 is 0.966 bits per heavy atom. The van der Waals surface area contributed by atoms with Crippen molar-refractivity contribution in [2.45, 2.75) is 0 Å². The van der Waals surface area contributed by atoms with E-state index in [-0.39, 0.29) is 24.0 Å². The van der Waals surface area contributed by atoms with Gasteiger partial charge in [0, 0.05) is 54.5 Å². The first-order valence-corrected chi connectivity index (χ1v) is 19.7. The highest BCUT2D eigenvalue weighted by atomic mass is 127. The van der Waals surface area contributed by atoms with E-state index >= 15 is 0 Å². The minimum absolute atomic E-state index is 0. The molecule has 0 spiro atoms. The Hall–Kier alpha value is -7.09. The number of hydrogen-bond donors (Lipinski definition) is 0. The molecule has 13 aromatic rings. The van der Waals surface area contributed by atoms with Crippen molar-refractivity contribution in [3.05, 3.63) is 194 Å². The molecule has 4 aromatic heterocycles. The summed E-state index contributed by atoms with van der Waals surface area (Å²) in [6, 6.07) is 69.6. The Kier molecular flexibility index (Phi) is 7.47. The molecule has 0 aliphatic carbocycles. The van der Waals surface area contributed by atoms with Crippen molar-refractivity contribution in [1.29, 1.82) is 0 Å². The monoisotopic (exact) mass is 868 g/mol. The molecule has 0 saturated heterocycles. The van der Waals surface area contributed by atoms with E-state index in [1.807, 2.05) is 0 Å². The van der Waals surface area contributed by atoms with E-state index < -0.39 is 0 Å². The fourth-order valence-corrected chi connectivity index (χ4v) is 9.45. The standard InChI is InChI=1S/C54H32N2O2.HI/c1-5-16-47-39(12-1)40-13-2-6-17-48(40)55(47)37-22-26-53-45(31-37)43-29-35(20-24-51(43)57-53)33-10-9-11-34(28-33)36-21-25-52-44(30-36)46-32-38(23-27-54(46)58-52)56-49-18-7-3-14-41(49)42-15-4-8-19-50(42)56;/h1-32H;1H. The van der Waals surface area contributed by atoms with Crippen LogP contribution < -0.4 is 0 Å². The molecule has 278 valence electrons. The smallest absolute Gasteiger partial charge is 0.135 e. The van der Waals surface area contributed by atoms with Crippen LogP contribution in [0.25, 0.3) is 121 Å². The summed E-state index contributed by atoms with van der Waals surface area (Å²) in [5, 5.41) is 9.42. The van der Waals surface area contributed by atoms with Gasteiger partial charge in [-0.2, -0.15) is 0 Å². The average Bonchev–Trinajstić information content (AvgIpc) is 4.03. The molecule has 0 aliphatic heterocycles. The topological polar surface area (TPSA) is 36.1 Å². The predicted molar refractivity (Wildman–Crippen MR) is 256 cm³/mol. The van der Waals surface area contributed by atoms with Crippen LogP contribution in [-0.4, -0.2) is 9.13 Å². The van der Waals surface area contributed by atoms with Gasteiger partial charge in [-0.3, -0.25) is 0 Å². The molecule has 0 atom stereocenters. The van der Waals surface area contributed by atoms with Gasteiger partial charge in [0.2, 0.25) is 0 Å². The maximum absolute atomic E-state index is 6.41. The Morgan fingerprint density at radius 1 is 0.254 bits per heavy atom. The Balaban J connectivity index is 0.00000377. The lowest BCUT2D eigenvalue weighted by atomic mass is 9.97. The van der Waals surface area contributed by atoms with Gasteiger partial charge in [-0.1, -0.05) is 103 Å². The lowest BCUT2D eigenvalue weighted by molar-refractivity contribution is 0.668. The second-order valence-corrected chi connectivity index (χ2v) is 15.3. The molecule has 0 aliphatic rings. The van der Waals surface area contributed by atoms with Crippen molar-refractivity contribution < 1.29 is 8.83 Å². The van der Waals surface area contributed by atoms with Gasteiger partial charge in [0.25, 0.3) is 0 Å². The van der Waals surface area contributed by atoms with E-state index in [0.717, 1.165) is 77.5 Å². The maximum atomic E-state index is 6.41. The van der Waals surface area contributed by atoms with E-state index in [4.69, 9.17) is 8.83 Å². The Labute approximate surface area is 355 Å². The number of nitrogens with zero attached hydrogens (tertiary/aromatic N) is 2. The van der Waals surface area contributed by atoms with E-state index in [1.54, 1.807) is 0 Å². The molecule has 0 unspecified atom stereocenters. The molecule has 4 heterocycles. The maximum Gasteiger partial charge on any atom is 0.135 e. The van der Waals surface area contributed by atoms with Gasteiger partial charge in [-0.15, -0.1) is 24.0 Å². The first-order chi connectivity index (χ1) is 28.7. The van der Waals surface area contributed by atoms with Gasteiger partial charge < -0.3 is 18.0 Å². The van der Waals surface area contributed by atoms with E-state index in [2.05, 4.69) is 203 Å². The van der Waals surface area contributed by atoms with Crippen LogP contribution in [0.5, 0.6) is 0 Å². The molecule has 0 N–H and O–H groups in total. The molecule has 0 amide bonds. The molecule has 13 rings (SSSR count). The highest BCUT2D eigenvalue weighted by Crippen LogP contribution is 2.40. The van der Waals surface area contributed by atoms with Crippen LogP contribution in [0.1, 0.15) is 0 Å². The lowest BCUT2D eigenvalue weighted by Gasteiger charge is -2.09. The van der Waals surface area contributed by atoms with E-state index in [1.165, 1.54) is 43.6 Å². The van der Waals surface area contributed by atoms with Crippen molar-refractivity contribution in [3.63, 3.8) is 0 Å². The van der Waals surface area contributed by atoms with Gasteiger partial charge in [0.1, 0.15) is 22.3 Å². The molecule has 0 bridgehead atoms. The van der Waals surface area contributed by atoms with Crippen molar-refractivity contribution in [2.24, 2.45) is 0 Å². The van der Waals surface area contributed by atoms with Crippen LogP contribution in [0.15, 0.2) is 203 Å². The summed E-state index contributed by atoms with van der Waals surface area (Å²) >= 11 is 0. The predicted octanol–water partition coefficient (Wildman–Crippen LogP) is 15.6. The number of aromatic nitrogens is 2. The zero-order valence-electron chi connectivity index (χ0n) is 31.6. The van der Waals surface area contributed by atoms with Gasteiger partial charge >= 0.3 is 0 Å². The third kappa shape index (κ3) is 5.08. The van der Waals surface area contributed by atoms with Crippen molar-refractivity contribution in [3.8, 4) is 33.6 Å². The largest absolute Gasteiger partial charge is 0.456 e. The van der Waals surface area contributed by atoms with Crippen molar-refractivity contribution >= 4 is 111 Å². The molecule has 59 heavy (non-hydrogen) atoms. The van der Waals surface area contributed by atoms with Crippen LogP contribution in [0.4, 0.5) is 0 Å². The zero-order valence-corrected chi connectivity index (χ0v) is 33.9. The van der Waals surface area contributed by atoms with Gasteiger partial charge in [0.05, 0.1) is 22.1 Å². The number of benzene rings is 9. The Bertz CT molecular complexity index is 3470. The van der Waals surface area contributed by atoms with Crippen LogP contribution in [-0.2, 0) is 0 Å². The second-order valence-electron chi connectivity index (χ2n) is 15.3. The molecule has 0 fully saturated rings. The molecule has 4 nitrogen and oxygen atoms in total. The first kappa shape index (κ1) is 34.0. The van der Waals surface area contributed by atoms with Crippen molar-refractivity contribution in [2.75, 3.05) is 0 Å². The zero-order chi connectivity index (χ0) is 37.9. The summed E-state index contributed by atoms with van der Waals surface area (Å²) in [4.78, 5) is 0. The quantitative estimate of drug-likeness (QED) is 0.165. The summed E-state index contributed by atoms with van der Waals surface area (Å²) in [6.45, 7) is 0. The third-order valence-electron chi connectivity index (χ3n) is 12.1. The summed E-state index contributed by atoms with van der Waals surface area (Å²) < 4.78 is 17.5. The SMILES string of the molecule is I.c1cc(-c2ccc3oc4ccc(-n5c6ccccc6c6ccccc65)cc4c3c2)cc(-c2ccc3oc4ccc(-n5c6ccccc6c6ccccc65)cc4c3c2)c1. The Morgan fingerprint density at radius 2 is 0.576 bits per heavy atom. The second kappa shape index (κ2) is 13.0. The minimum atomic E-state index is 0. The highest BCUT2D eigenvalue weighted by molar-refractivity contribution is 14.0. The van der Waals surface area contributed by atoms with E-state index in [9.17, 15) is 0 Å². The number of fused-ring (bicyclic) bond motifs is 12. The van der Waals surface area contributed by atoms with Crippen LogP contribution >= 0.6 is 24.0 Å². The van der Waals surface area contributed by atoms with Crippen molar-refractivity contribution in [1.82, 2.24) is 9.13 Å². The summed E-state index contributed by atoms with van der Waals surface area (Å²) in [7, 11) is 0. The molecular formula is C54H33IN2O2. The number of halogens is 1. The minimum Gasteiger partial charge on any atom is -0.456 e. The molecule has 0 radical (unpaired) electrons. The number of para-hydroxylation sites is 4. The fraction of sp³-hybridized carbons (Fsp3) is 0. The summed E-state index contributed by atoms with van der Waals surface area (Å²) in [5.41, 5.74) is 15.1. The van der Waals surface area contributed by atoms with Crippen LogP contribution in [0.3, 0.4) is 0 Å². The van der Waals surface area contributed by atoms with Gasteiger partial charge in [-0.05, 0) is 113 Å². The van der Waals surface area contributed by atoms with Crippen LogP contribution in [0, 0.1) is 0 Å². The lowest BCUT2D eigenvalue weighted by Crippen LogP contribution is -1.93.